The van der Waals surface area contributed by atoms with Crippen LogP contribution in [0, 0.1) is 11.8 Å². The van der Waals surface area contributed by atoms with E-state index >= 15 is 0 Å². The third-order valence-corrected chi connectivity index (χ3v) is 12.3. The Morgan fingerprint density at radius 3 is 2.58 bits per heavy atom. The van der Waals surface area contributed by atoms with Crippen molar-refractivity contribution in [1.29, 1.82) is 0 Å². The van der Waals surface area contributed by atoms with Crippen LogP contribution in [0.5, 0.6) is 0 Å². The largest absolute Gasteiger partial charge is 0.363 e. The number of allylic oxidation sites excluding steroid dienone is 15. The van der Waals surface area contributed by atoms with Gasteiger partial charge < -0.3 is 14.9 Å². The first-order valence-electron chi connectivity index (χ1n) is 19.3. The summed E-state index contributed by atoms with van der Waals surface area (Å²) in [7, 11) is 0. The number of hydrogen-bond acceptors (Lipinski definition) is 2. The van der Waals surface area contributed by atoms with Gasteiger partial charge >= 0.3 is 0 Å². The van der Waals surface area contributed by atoms with E-state index in [1.165, 1.54) is 95.7 Å². The molecule has 2 N–H and O–H groups in total. The predicted molar refractivity (Wildman–Crippen MR) is 219 cm³/mol. The minimum atomic E-state index is -0.0657. The van der Waals surface area contributed by atoms with Crippen LogP contribution in [0.15, 0.2) is 149 Å². The summed E-state index contributed by atoms with van der Waals surface area (Å²) < 4.78 is 2.57. The highest BCUT2D eigenvalue weighted by Gasteiger charge is 2.29. The lowest BCUT2D eigenvalue weighted by Gasteiger charge is -2.31. The fraction of sp³-hybridized carbons (Fsp3) is 0.229. The Morgan fingerprint density at radius 1 is 0.808 bits per heavy atom. The smallest absolute Gasteiger partial charge is 0.141 e. The number of hydrogen-bond donors (Lipinski definition) is 2. The second kappa shape index (κ2) is 12.0. The van der Waals surface area contributed by atoms with Crippen LogP contribution < -0.4 is 5.32 Å². The molecule has 0 spiro atoms. The number of aromatic nitrogens is 2. The quantitative estimate of drug-likeness (QED) is 0.196. The molecule has 4 heteroatoms. The summed E-state index contributed by atoms with van der Waals surface area (Å²) in [6.45, 7) is 0. The summed E-state index contributed by atoms with van der Waals surface area (Å²) in [4.78, 5) is 9.19. The molecule has 11 rings (SSSR count). The maximum absolute atomic E-state index is 5.34. The van der Waals surface area contributed by atoms with E-state index in [4.69, 9.17) is 4.99 Å². The Kier molecular flexibility index (Phi) is 6.93. The van der Waals surface area contributed by atoms with Crippen LogP contribution in [0.1, 0.15) is 56.2 Å². The van der Waals surface area contributed by atoms with Crippen LogP contribution in [0.25, 0.3) is 55.3 Å². The average molecular weight is 675 g/mol. The maximum Gasteiger partial charge on any atom is 0.141 e. The number of rotatable bonds is 4. The Hall–Kier alpha value is -5.61. The molecular formula is C48H42N4. The summed E-state index contributed by atoms with van der Waals surface area (Å²) in [5.74, 6) is 0.954. The molecule has 3 atom stereocenters. The Morgan fingerprint density at radius 2 is 1.73 bits per heavy atom. The first kappa shape index (κ1) is 30.1. The van der Waals surface area contributed by atoms with Gasteiger partial charge in [-0.1, -0.05) is 85.0 Å². The van der Waals surface area contributed by atoms with Crippen LogP contribution in [0.4, 0.5) is 0 Å². The van der Waals surface area contributed by atoms with Gasteiger partial charge in [0.05, 0.1) is 16.7 Å². The number of aliphatic imine (C=N–C) groups is 1. The van der Waals surface area contributed by atoms with E-state index in [1.807, 2.05) is 0 Å². The highest BCUT2D eigenvalue weighted by Crippen LogP contribution is 2.45. The highest BCUT2D eigenvalue weighted by molar-refractivity contribution is 6.24. The van der Waals surface area contributed by atoms with Crippen LogP contribution in [0.2, 0.25) is 0 Å². The lowest BCUT2D eigenvalue weighted by molar-refractivity contribution is 0.559. The number of H-pyrrole nitrogens is 1. The summed E-state index contributed by atoms with van der Waals surface area (Å²) in [6.07, 6.45) is 38.5. The molecule has 5 aliphatic carbocycles. The fourth-order valence-electron chi connectivity index (χ4n) is 9.60. The van der Waals surface area contributed by atoms with Gasteiger partial charge in [0.25, 0.3) is 0 Å². The topological polar surface area (TPSA) is 45.1 Å². The van der Waals surface area contributed by atoms with E-state index in [9.17, 15) is 0 Å². The van der Waals surface area contributed by atoms with Gasteiger partial charge in [0.15, 0.2) is 0 Å². The summed E-state index contributed by atoms with van der Waals surface area (Å²) in [5.41, 5.74) is 14.4. The molecule has 0 amide bonds. The molecule has 5 aromatic rings. The van der Waals surface area contributed by atoms with E-state index < -0.39 is 0 Å². The van der Waals surface area contributed by atoms with Crippen molar-refractivity contribution in [3.8, 4) is 0 Å². The van der Waals surface area contributed by atoms with Crippen molar-refractivity contribution in [1.82, 2.24) is 14.9 Å². The summed E-state index contributed by atoms with van der Waals surface area (Å²) in [6, 6.07) is 18.4. The predicted octanol–water partition coefficient (Wildman–Crippen LogP) is 11.6. The number of benzene rings is 3. The van der Waals surface area contributed by atoms with E-state index in [-0.39, 0.29) is 6.17 Å². The monoisotopic (exact) mass is 674 g/mol. The van der Waals surface area contributed by atoms with Crippen LogP contribution in [-0.4, -0.2) is 21.4 Å². The van der Waals surface area contributed by atoms with Gasteiger partial charge in [0.2, 0.25) is 0 Å². The van der Waals surface area contributed by atoms with Gasteiger partial charge in [-0.3, -0.25) is 4.99 Å². The van der Waals surface area contributed by atoms with Crippen LogP contribution >= 0.6 is 0 Å². The molecule has 3 unspecified atom stereocenters. The van der Waals surface area contributed by atoms with Gasteiger partial charge in [0, 0.05) is 44.7 Å². The molecule has 3 aromatic carbocycles. The summed E-state index contributed by atoms with van der Waals surface area (Å²) in [5, 5.41) is 10.6. The van der Waals surface area contributed by atoms with Crippen molar-refractivity contribution < 1.29 is 0 Å². The third kappa shape index (κ3) is 4.84. The van der Waals surface area contributed by atoms with Crippen molar-refractivity contribution in [3.05, 3.63) is 155 Å². The zero-order valence-corrected chi connectivity index (χ0v) is 29.4. The maximum atomic E-state index is 5.34. The molecule has 0 bridgehead atoms. The number of fused-ring (bicyclic) bond motifs is 9. The molecule has 0 saturated heterocycles. The molecule has 1 aliphatic heterocycles. The standard InChI is InChI=1S/C48H42N4/c1-3-11-30(12-4-1)41-29-42(31-13-5-2-6-14-31)51-48(50-41)32-19-21-37(22-20-32)52-44-24-23-40-46(38-25-33-15-7-9-17-35(33)27-43(38)49-40)47(44)39-26-34-16-8-10-18-36(34)28-45(39)52/h1,3-5,8-11,13-14,16-19,21,23-24,26-30,33,48-50H,2,6-7,12,15,20,22,25H2. The second-order valence-electron chi connectivity index (χ2n) is 15.3. The van der Waals surface area contributed by atoms with Crippen molar-refractivity contribution in [2.24, 2.45) is 16.8 Å². The minimum Gasteiger partial charge on any atom is -0.363 e. The first-order chi connectivity index (χ1) is 25.7. The SMILES string of the molecule is C1=CCC(C2=CC(C3=CCCC=C3)=NC(C3=CC=C(n4c5cc6ccccc6cc5c5c6c7c([nH]c6ccc54)C=C4C=CCCC4C7)CC3)N2)C=C1. The van der Waals surface area contributed by atoms with Crippen molar-refractivity contribution >= 4 is 61.0 Å². The number of aromatic amines is 1. The van der Waals surface area contributed by atoms with Gasteiger partial charge in [-0.2, -0.15) is 0 Å². The van der Waals surface area contributed by atoms with Gasteiger partial charge in [-0.25, -0.2) is 0 Å². The van der Waals surface area contributed by atoms with Crippen LogP contribution in [0.3, 0.4) is 0 Å². The van der Waals surface area contributed by atoms with Crippen molar-refractivity contribution in [2.75, 3.05) is 0 Å². The lowest BCUT2D eigenvalue weighted by atomic mass is 9.79. The zero-order chi connectivity index (χ0) is 34.2. The van der Waals surface area contributed by atoms with E-state index in [1.54, 1.807) is 0 Å². The Bertz CT molecular complexity index is 2670. The zero-order valence-electron chi connectivity index (χ0n) is 29.4. The molecule has 4 nitrogen and oxygen atoms in total. The van der Waals surface area contributed by atoms with E-state index in [0.717, 1.165) is 44.2 Å². The van der Waals surface area contributed by atoms with Crippen molar-refractivity contribution in [2.45, 2.75) is 57.5 Å². The summed E-state index contributed by atoms with van der Waals surface area (Å²) >= 11 is 0. The third-order valence-electron chi connectivity index (χ3n) is 12.3. The van der Waals surface area contributed by atoms with Gasteiger partial charge in [0.1, 0.15) is 6.17 Å². The molecule has 2 aromatic heterocycles. The second-order valence-corrected chi connectivity index (χ2v) is 15.3. The van der Waals surface area contributed by atoms with Gasteiger partial charge in [-0.05, 0) is 133 Å². The highest BCUT2D eigenvalue weighted by atomic mass is 15.1. The molecule has 6 aliphatic rings. The minimum absolute atomic E-state index is 0.0657. The molecule has 0 radical (unpaired) electrons. The number of nitrogens with one attached hydrogen (secondary N) is 2. The van der Waals surface area contributed by atoms with E-state index in [0.29, 0.717) is 11.8 Å². The fourth-order valence-corrected chi connectivity index (χ4v) is 9.60. The normalized spacial score (nSPS) is 23.9. The Balaban J connectivity index is 1.05. The van der Waals surface area contributed by atoms with E-state index in [2.05, 4.69) is 142 Å². The lowest BCUT2D eigenvalue weighted by Crippen LogP contribution is -2.36. The molecule has 3 heterocycles. The molecule has 0 fully saturated rings. The molecule has 0 saturated carbocycles. The van der Waals surface area contributed by atoms with Crippen molar-refractivity contribution in [3.63, 3.8) is 0 Å². The molecule has 52 heavy (non-hydrogen) atoms. The van der Waals surface area contributed by atoms with Crippen LogP contribution in [-0.2, 0) is 6.42 Å². The average Bonchev–Trinajstić information content (AvgIpc) is 3.73. The Labute approximate surface area is 304 Å². The first-order valence-corrected chi connectivity index (χ1v) is 19.3. The van der Waals surface area contributed by atoms with Gasteiger partial charge in [-0.15, -0.1) is 0 Å². The molecular weight excluding hydrogens is 633 g/mol. The number of nitrogens with zero attached hydrogens (tertiary/aromatic N) is 2. The molecule has 254 valence electrons.